The second-order valence-corrected chi connectivity index (χ2v) is 6.98. The van der Waals surface area contributed by atoms with E-state index in [1.54, 1.807) is 35.2 Å². The molecule has 1 unspecified atom stereocenters. The zero-order valence-corrected chi connectivity index (χ0v) is 17.9. The molecule has 2 N–H and O–H groups in total. The first-order chi connectivity index (χ1) is 14.9. The van der Waals surface area contributed by atoms with Gasteiger partial charge in [0.25, 0.3) is 0 Å². The quantitative estimate of drug-likeness (QED) is 0.683. The van der Waals surface area contributed by atoms with Gasteiger partial charge < -0.3 is 29.7 Å². The molecule has 1 aliphatic rings. The monoisotopic (exact) mass is 427 g/mol. The third-order valence-corrected chi connectivity index (χ3v) is 4.99. The standard InChI is InChI=1S/C22H25N3O6/c1-13-9-20(26)24-15-7-5-6-8-17(15)25(13)21(27)12-23-16-11-19(30-3)18(29-2)10-14(16)22(28)31-4/h5-8,10-11,13,23H,9,12H2,1-4H3,(H,24,26). The minimum atomic E-state index is -0.584. The molecule has 31 heavy (non-hydrogen) atoms. The molecule has 9 nitrogen and oxygen atoms in total. The maximum Gasteiger partial charge on any atom is 0.340 e. The Balaban J connectivity index is 1.89. The molecule has 0 fully saturated rings. The number of hydrogen-bond acceptors (Lipinski definition) is 7. The summed E-state index contributed by atoms with van der Waals surface area (Å²) in [5, 5.41) is 5.83. The van der Waals surface area contributed by atoms with Crippen molar-refractivity contribution in [3.63, 3.8) is 0 Å². The minimum absolute atomic E-state index is 0.119. The van der Waals surface area contributed by atoms with Gasteiger partial charge in [-0.2, -0.15) is 0 Å². The number of carbonyl (C=O) groups is 3. The topological polar surface area (TPSA) is 106 Å². The summed E-state index contributed by atoms with van der Waals surface area (Å²) in [6.45, 7) is 1.70. The highest BCUT2D eigenvalue weighted by atomic mass is 16.5. The predicted octanol–water partition coefficient (Wildman–Crippen LogP) is 2.67. The summed E-state index contributed by atoms with van der Waals surface area (Å²) in [6.07, 6.45) is 0.171. The zero-order chi connectivity index (χ0) is 22.5. The van der Waals surface area contributed by atoms with Crippen molar-refractivity contribution in [2.24, 2.45) is 0 Å². The highest BCUT2D eigenvalue weighted by Crippen LogP contribution is 2.34. The number of amides is 2. The third-order valence-electron chi connectivity index (χ3n) is 4.99. The Morgan fingerprint density at radius 1 is 1.13 bits per heavy atom. The summed E-state index contributed by atoms with van der Waals surface area (Å²) in [5.74, 6) is -0.245. The molecule has 2 aromatic rings. The summed E-state index contributed by atoms with van der Waals surface area (Å²) < 4.78 is 15.4. The number of methoxy groups -OCH3 is 3. The largest absolute Gasteiger partial charge is 0.493 e. The molecule has 1 heterocycles. The fraction of sp³-hybridized carbons (Fsp3) is 0.318. The maximum atomic E-state index is 13.2. The molecule has 0 aromatic heterocycles. The smallest absolute Gasteiger partial charge is 0.340 e. The van der Waals surface area contributed by atoms with Crippen LogP contribution >= 0.6 is 0 Å². The van der Waals surface area contributed by atoms with E-state index in [4.69, 9.17) is 14.2 Å². The zero-order valence-electron chi connectivity index (χ0n) is 17.9. The van der Waals surface area contributed by atoms with Gasteiger partial charge in [-0.3, -0.25) is 9.59 Å². The first-order valence-electron chi connectivity index (χ1n) is 9.68. The maximum absolute atomic E-state index is 13.2. The molecule has 0 spiro atoms. The van der Waals surface area contributed by atoms with Crippen molar-refractivity contribution in [2.45, 2.75) is 19.4 Å². The number of carbonyl (C=O) groups excluding carboxylic acids is 3. The van der Waals surface area contributed by atoms with E-state index in [0.717, 1.165) is 0 Å². The van der Waals surface area contributed by atoms with E-state index in [1.165, 1.54) is 27.4 Å². The average Bonchev–Trinajstić information content (AvgIpc) is 2.90. The summed E-state index contributed by atoms with van der Waals surface area (Å²) in [5.41, 5.74) is 1.76. The van der Waals surface area contributed by atoms with Gasteiger partial charge in [0.1, 0.15) is 0 Å². The molecular formula is C22H25N3O6. The lowest BCUT2D eigenvalue weighted by atomic mass is 10.1. The second kappa shape index (κ2) is 9.38. The molecule has 9 heteroatoms. The number of rotatable bonds is 6. The number of nitrogens with one attached hydrogen (secondary N) is 2. The highest BCUT2D eigenvalue weighted by molar-refractivity contribution is 6.06. The fourth-order valence-corrected chi connectivity index (χ4v) is 3.53. The summed E-state index contributed by atoms with van der Waals surface area (Å²) in [6, 6.07) is 9.85. The van der Waals surface area contributed by atoms with Crippen LogP contribution in [0.5, 0.6) is 11.5 Å². The fourth-order valence-electron chi connectivity index (χ4n) is 3.53. The summed E-state index contributed by atoms with van der Waals surface area (Å²) in [7, 11) is 4.21. The van der Waals surface area contributed by atoms with E-state index in [0.29, 0.717) is 28.6 Å². The SMILES string of the molecule is COC(=O)c1cc(OC)c(OC)cc1NCC(=O)N1c2ccccc2NC(=O)CC1C. The Labute approximate surface area is 180 Å². The van der Waals surface area contributed by atoms with Crippen molar-refractivity contribution in [1.29, 1.82) is 0 Å². The highest BCUT2D eigenvalue weighted by Gasteiger charge is 2.29. The van der Waals surface area contributed by atoms with Crippen molar-refractivity contribution in [3.05, 3.63) is 42.0 Å². The number of fused-ring (bicyclic) bond motifs is 1. The van der Waals surface area contributed by atoms with Gasteiger partial charge in [-0.15, -0.1) is 0 Å². The Hall–Kier alpha value is -3.75. The minimum Gasteiger partial charge on any atom is -0.493 e. The summed E-state index contributed by atoms with van der Waals surface area (Å²) in [4.78, 5) is 39.2. The van der Waals surface area contributed by atoms with Gasteiger partial charge in [-0.1, -0.05) is 12.1 Å². The molecule has 164 valence electrons. The number of para-hydroxylation sites is 2. The van der Waals surface area contributed by atoms with Gasteiger partial charge in [0, 0.05) is 24.6 Å². The van der Waals surface area contributed by atoms with Crippen LogP contribution in [0.15, 0.2) is 36.4 Å². The predicted molar refractivity (Wildman–Crippen MR) is 116 cm³/mol. The average molecular weight is 427 g/mol. The van der Waals surface area contributed by atoms with Crippen LogP contribution in [0.4, 0.5) is 17.1 Å². The first kappa shape index (κ1) is 21.9. The van der Waals surface area contributed by atoms with Crippen molar-refractivity contribution < 1.29 is 28.6 Å². The van der Waals surface area contributed by atoms with Crippen LogP contribution in [-0.4, -0.2) is 51.7 Å². The Morgan fingerprint density at radius 3 is 2.48 bits per heavy atom. The van der Waals surface area contributed by atoms with Gasteiger partial charge in [0.15, 0.2) is 11.5 Å². The van der Waals surface area contributed by atoms with Crippen LogP contribution in [0.3, 0.4) is 0 Å². The van der Waals surface area contributed by atoms with Gasteiger partial charge >= 0.3 is 5.97 Å². The Bertz CT molecular complexity index is 1010. The van der Waals surface area contributed by atoms with Crippen LogP contribution in [-0.2, 0) is 14.3 Å². The molecule has 0 saturated heterocycles. The van der Waals surface area contributed by atoms with Crippen LogP contribution in [0.25, 0.3) is 0 Å². The number of nitrogens with zero attached hydrogens (tertiary/aromatic N) is 1. The van der Waals surface area contributed by atoms with Crippen LogP contribution in [0.1, 0.15) is 23.7 Å². The van der Waals surface area contributed by atoms with Crippen molar-refractivity contribution in [2.75, 3.05) is 43.4 Å². The van der Waals surface area contributed by atoms with Crippen LogP contribution < -0.4 is 25.0 Å². The van der Waals surface area contributed by atoms with E-state index in [9.17, 15) is 14.4 Å². The molecule has 1 aliphatic heterocycles. The lowest BCUT2D eigenvalue weighted by Gasteiger charge is -2.28. The van der Waals surface area contributed by atoms with Crippen molar-refractivity contribution in [3.8, 4) is 11.5 Å². The molecule has 0 radical (unpaired) electrons. The first-order valence-corrected chi connectivity index (χ1v) is 9.68. The molecule has 0 aliphatic carbocycles. The number of hydrogen-bond donors (Lipinski definition) is 2. The molecule has 0 saturated carbocycles. The Kier molecular flexibility index (Phi) is 6.64. The molecule has 1 atom stereocenters. The molecule has 2 amide bonds. The number of esters is 1. The lowest BCUT2D eigenvalue weighted by Crippen LogP contribution is -2.42. The normalized spacial score (nSPS) is 15.3. The van der Waals surface area contributed by atoms with Crippen molar-refractivity contribution >= 4 is 34.8 Å². The molecule has 3 rings (SSSR count). The number of ether oxygens (including phenoxy) is 3. The van der Waals surface area contributed by atoms with Gasteiger partial charge in [0.2, 0.25) is 11.8 Å². The van der Waals surface area contributed by atoms with Gasteiger partial charge in [-0.25, -0.2) is 4.79 Å². The van der Waals surface area contributed by atoms with Gasteiger partial charge in [0.05, 0.1) is 50.5 Å². The van der Waals surface area contributed by atoms with E-state index in [2.05, 4.69) is 10.6 Å². The molecule has 2 aromatic carbocycles. The second-order valence-electron chi connectivity index (χ2n) is 6.98. The van der Waals surface area contributed by atoms with Crippen LogP contribution in [0, 0.1) is 0 Å². The van der Waals surface area contributed by atoms with Crippen molar-refractivity contribution in [1.82, 2.24) is 0 Å². The Morgan fingerprint density at radius 2 is 1.81 bits per heavy atom. The molecule has 0 bridgehead atoms. The summed E-state index contributed by atoms with van der Waals surface area (Å²) >= 11 is 0. The van der Waals surface area contributed by atoms with Crippen LogP contribution in [0.2, 0.25) is 0 Å². The lowest BCUT2D eigenvalue weighted by molar-refractivity contribution is -0.118. The van der Waals surface area contributed by atoms with Gasteiger partial charge in [-0.05, 0) is 19.1 Å². The van der Waals surface area contributed by atoms with E-state index >= 15 is 0 Å². The van der Waals surface area contributed by atoms with E-state index in [-0.39, 0.29) is 36.4 Å². The third kappa shape index (κ3) is 4.55. The number of anilines is 3. The van der Waals surface area contributed by atoms with E-state index < -0.39 is 5.97 Å². The molecular weight excluding hydrogens is 402 g/mol. The number of benzene rings is 2. The van der Waals surface area contributed by atoms with E-state index in [1.807, 2.05) is 6.92 Å².